The number of nitrogens with zero attached hydrogens (tertiary/aromatic N) is 2. The van der Waals surface area contributed by atoms with Crippen LogP contribution in [-0.4, -0.2) is 54.3 Å². The van der Waals surface area contributed by atoms with E-state index in [1.165, 1.54) is 43.5 Å². The first kappa shape index (κ1) is 20.0. The molecule has 0 aromatic heterocycles. The quantitative estimate of drug-likeness (QED) is 0.723. The van der Waals surface area contributed by atoms with E-state index in [4.69, 9.17) is 9.47 Å². The van der Waals surface area contributed by atoms with E-state index in [-0.39, 0.29) is 6.09 Å². The molecule has 0 saturated carbocycles. The second-order valence-corrected chi connectivity index (χ2v) is 8.65. The Hall–Kier alpha value is -1.75. The molecule has 3 rings (SSSR count). The van der Waals surface area contributed by atoms with Crippen LogP contribution in [0, 0.1) is 0 Å². The molecule has 150 valence electrons. The van der Waals surface area contributed by atoms with E-state index in [1.807, 2.05) is 26.8 Å². The summed E-state index contributed by atoms with van der Waals surface area (Å²) in [7, 11) is 0. The first-order valence-electron chi connectivity index (χ1n) is 10.4. The monoisotopic (exact) mass is 374 g/mol. The van der Waals surface area contributed by atoms with Crippen LogP contribution in [0.1, 0.15) is 57.6 Å². The minimum atomic E-state index is -0.462. The van der Waals surface area contributed by atoms with E-state index >= 15 is 0 Å². The largest absolute Gasteiger partial charge is 0.493 e. The van der Waals surface area contributed by atoms with Crippen LogP contribution in [0.2, 0.25) is 0 Å². The second-order valence-electron chi connectivity index (χ2n) is 8.65. The zero-order chi connectivity index (χ0) is 19.3. The zero-order valence-electron chi connectivity index (χ0n) is 17.1. The molecule has 27 heavy (non-hydrogen) atoms. The lowest BCUT2D eigenvalue weighted by Crippen LogP contribution is -2.40. The molecular weight excluding hydrogens is 340 g/mol. The number of rotatable bonds is 5. The molecule has 0 atom stereocenters. The highest BCUT2D eigenvalue weighted by molar-refractivity contribution is 5.69. The molecule has 0 N–H and O–H groups in total. The van der Waals surface area contributed by atoms with Crippen molar-refractivity contribution >= 4 is 6.09 Å². The van der Waals surface area contributed by atoms with E-state index in [2.05, 4.69) is 17.0 Å². The number of carbonyl (C=O) groups excluding carboxylic acids is 1. The molecular formula is C22H34N2O3. The summed E-state index contributed by atoms with van der Waals surface area (Å²) in [4.78, 5) is 16.7. The standard InChI is InChI=1S/C22H34N2O3/c1-22(2,3)27-21(25)24-15-11-19-18(17-24)9-7-10-20(19)26-16-8-14-23-12-5-4-6-13-23/h7,9-10H,4-6,8,11-17H2,1-3H3. The van der Waals surface area contributed by atoms with Gasteiger partial charge >= 0.3 is 6.09 Å². The Bertz CT molecular complexity index is 633. The van der Waals surface area contributed by atoms with Gasteiger partial charge in [0.05, 0.1) is 6.61 Å². The number of fused-ring (bicyclic) bond motifs is 1. The van der Waals surface area contributed by atoms with Gasteiger partial charge in [-0.3, -0.25) is 0 Å². The average Bonchev–Trinajstić information content (AvgIpc) is 2.64. The van der Waals surface area contributed by atoms with Crippen LogP contribution >= 0.6 is 0 Å². The van der Waals surface area contributed by atoms with Gasteiger partial charge in [0.2, 0.25) is 0 Å². The third kappa shape index (κ3) is 5.86. The number of piperidine rings is 1. The van der Waals surface area contributed by atoms with Crippen molar-refractivity contribution in [1.82, 2.24) is 9.80 Å². The number of likely N-dealkylation sites (tertiary alicyclic amines) is 1. The summed E-state index contributed by atoms with van der Waals surface area (Å²) in [6, 6.07) is 6.17. The van der Waals surface area contributed by atoms with Crippen LogP contribution in [0.4, 0.5) is 4.79 Å². The summed E-state index contributed by atoms with van der Waals surface area (Å²) >= 11 is 0. The van der Waals surface area contributed by atoms with Gasteiger partial charge in [0, 0.05) is 25.2 Å². The Morgan fingerprint density at radius 2 is 1.89 bits per heavy atom. The lowest BCUT2D eigenvalue weighted by Gasteiger charge is -2.32. The average molecular weight is 375 g/mol. The molecule has 5 nitrogen and oxygen atoms in total. The first-order valence-corrected chi connectivity index (χ1v) is 10.4. The number of carbonyl (C=O) groups is 1. The third-order valence-corrected chi connectivity index (χ3v) is 5.20. The Kier molecular flexibility index (Phi) is 6.64. The Morgan fingerprint density at radius 1 is 1.11 bits per heavy atom. The fraction of sp³-hybridized carbons (Fsp3) is 0.682. The van der Waals surface area contributed by atoms with Crippen LogP contribution in [0.25, 0.3) is 0 Å². The number of hydrogen-bond donors (Lipinski definition) is 0. The van der Waals surface area contributed by atoms with E-state index in [9.17, 15) is 4.79 Å². The zero-order valence-corrected chi connectivity index (χ0v) is 17.1. The van der Waals surface area contributed by atoms with Crippen molar-refractivity contribution in [3.63, 3.8) is 0 Å². The van der Waals surface area contributed by atoms with Gasteiger partial charge in [-0.1, -0.05) is 18.6 Å². The fourth-order valence-corrected chi connectivity index (χ4v) is 3.85. The molecule has 1 fully saturated rings. The molecule has 2 heterocycles. The van der Waals surface area contributed by atoms with Crippen molar-refractivity contribution < 1.29 is 14.3 Å². The van der Waals surface area contributed by atoms with E-state index in [0.29, 0.717) is 13.1 Å². The van der Waals surface area contributed by atoms with Crippen molar-refractivity contribution in [1.29, 1.82) is 0 Å². The van der Waals surface area contributed by atoms with Gasteiger partial charge < -0.3 is 19.3 Å². The van der Waals surface area contributed by atoms with E-state index < -0.39 is 5.60 Å². The smallest absolute Gasteiger partial charge is 0.410 e. The fourth-order valence-electron chi connectivity index (χ4n) is 3.85. The lowest BCUT2D eigenvalue weighted by atomic mass is 9.99. The molecule has 2 aliphatic rings. The van der Waals surface area contributed by atoms with Crippen LogP contribution < -0.4 is 4.74 Å². The van der Waals surface area contributed by atoms with E-state index in [1.54, 1.807) is 4.90 Å². The molecule has 0 bridgehead atoms. The van der Waals surface area contributed by atoms with Gasteiger partial charge in [0.25, 0.3) is 0 Å². The van der Waals surface area contributed by atoms with Crippen molar-refractivity contribution in [2.45, 2.75) is 65.0 Å². The molecule has 0 spiro atoms. The van der Waals surface area contributed by atoms with Crippen LogP contribution in [0.5, 0.6) is 5.75 Å². The molecule has 1 amide bonds. The van der Waals surface area contributed by atoms with Crippen LogP contribution in [0.15, 0.2) is 18.2 Å². The number of hydrogen-bond acceptors (Lipinski definition) is 4. The number of ether oxygens (including phenoxy) is 2. The van der Waals surface area contributed by atoms with Crippen molar-refractivity contribution in [3.05, 3.63) is 29.3 Å². The molecule has 2 aliphatic heterocycles. The summed E-state index contributed by atoms with van der Waals surface area (Å²) in [5.41, 5.74) is 1.95. The first-order chi connectivity index (χ1) is 12.9. The molecule has 0 aliphatic carbocycles. The third-order valence-electron chi connectivity index (χ3n) is 5.20. The maximum atomic E-state index is 12.3. The Balaban J connectivity index is 1.51. The van der Waals surface area contributed by atoms with Crippen molar-refractivity contribution in [3.8, 4) is 5.75 Å². The summed E-state index contributed by atoms with van der Waals surface area (Å²) in [6.45, 7) is 11.3. The van der Waals surface area contributed by atoms with Crippen LogP contribution in [-0.2, 0) is 17.7 Å². The predicted octanol–water partition coefficient (Wildman–Crippen LogP) is 4.23. The summed E-state index contributed by atoms with van der Waals surface area (Å²) < 4.78 is 11.6. The molecule has 1 aromatic carbocycles. The maximum absolute atomic E-state index is 12.3. The highest BCUT2D eigenvalue weighted by Crippen LogP contribution is 2.29. The summed E-state index contributed by atoms with van der Waals surface area (Å²) in [5.74, 6) is 0.981. The highest BCUT2D eigenvalue weighted by Gasteiger charge is 2.27. The maximum Gasteiger partial charge on any atom is 0.410 e. The molecule has 1 aromatic rings. The molecule has 0 radical (unpaired) electrons. The van der Waals surface area contributed by atoms with Crippen molar-refractivity contribution in [2.75, 3.05) is 32.8 Å². The Morgan fingerprint density at radius 3 is 2.63 bits per heavy atom. The lowest BCUT2D eigenvalue weighted by molar-refractivity contribution is 0.0223. The topological polar surface area (TPSA) is 42.0 Å². The molecule has 1 saturated heterocycles. The summed E-state index contributed by atoms with van der Waals surface area (Å²) in [5, 5.41) is 0. The van der Waals surface area contributed by atoms with Gasteiger partial charge in [-0.2, -0.15) is 0 Å². The SMILES string of the molecule is CC(C)(C)OC(=O)N1CCc2c(cccc2OCCCN2CCCCC2)C1. The molecule has 0 unspecified atom stereocenters. The Labute approximate surface area is 163 Å². The van der Waals surface area contributed by atoms with E-state index in [0.717, 1.165) is 31.7 Å². The minimum absolute atomic E-state index is 0.235. The van der Waals surface area contributed by atoms with Gasteiger partial charge in [-0.05, 0) is 71.2 Å². The molecule has 5 heteroatoms. The van der Waals surface area contributed by atoms with Gasteiger partial charge in [0.1, 0.15) is 11.4 Å². The van der Waals surface area contributed by atoms with Crippen LogP contribution in [0.3, 0.4) is 0 Å². The summed E-state index contributed by atoms with van der Waals surface area (Å²) in [6.07, 6.45) is 5.69. The van der Waals surface area contributed by atoms with Gasteiger partial charge in [-0.15, -0.1) is 0 Å². The van der Waals surface area contributed by atoms with Crippen molar-refractivity contribution in [2.24, 2.45) is 0 Å². The number of benzene rings is 1. The number of amides is 1. The highest BCUT2D eigenvalue weighted by atomic mass is 16.6. The second kappa shape index (κ2) is 8.96. The van der Waals surface area contributed by atoms with Gasteiger partial charge in [0.15, 0.2) is 0 Å². The van der Waals surface area contributed by atoms with Gasteiger partial charge in [-0.25, -0.2) is 4.79 Å². The predicted molar refractivity (Wildman–Crippen MR) is 107 cm³/mol. The minimum Gasteiger partial charge on any atom is -0.493 e. The normalized spacial score (nSPS) is 18.1.